The van der Waals surface area contributed by atoms with Crippen molar-refractivity contribution in [2.45, 2.75) is 46.0 Å². The zero-order valence-electron chi connectivity index (χ0n) is 8.10. The molecule has 2 aliphatic carbocycles. The number of hydrogen-bond acceptors (Lipinski definition) is 1. The fourth-order valence-corrected chi connectivity index (χ4v) is 3.51. The number of carbonyl (C=O) groups is 1. The Labute approximate surface area is 74.5 Å². The second kappa shape index (κ2) is 2.58. The quantitative estimate of drug-likeness (QED) is 0.616. The lowest BCUT2D eigenvalue weighted by atomic mass is 9.51. The molecule has 0 aliphatic heterocycles. The van der Waals surface area contributed by atoms with Crippen molar-refractivity contribution in [3.63, 3.8) is 0 Å². The van der Waals surface area contributed by atoms with Gasteiger partial charge in [-0.1, -0.05) is 20.3 Å². The molecule has 0 heterocycles. The summed E-state index contributed by atoms with van der Waals surface area (Å²) in [5.74, 6) is 1.83. The average molecular weight is 166 g/mol. The molecule has 1 nitrogen and oxygen atoms in total. The van der Waals surface area contributed by atoms with Crippen LogP contribution in [0.3, 0.4) is 0 Å². The summed E-state index contributed by atoms with van der Waals surface area (Å²) in [4.78, 5) is 11.8. The van der Waals surface area contributed by atoms with Gasteiger partial charge in [0.25, 0.3) is 0 Å². The number of carbonyl (C=O) groups excluding carboxylic acids is 1. The number of hydrogen-bond donors (Lipinski definition) is 0. The van der Waals surface area contributed by atoms with Crippen LogP contribution in [0.2, 0.25) is 0 Å². The SMILES string of the molecule is CCC1(CC)C(=O)C2CCCC21. The number of fused-ring (bicyclic) bond motifs is 1. The molecule has 2 fully saturated rings. The highest BCUT2D eigenvalue weighted by Gasteiger charge is 2.60. The highest BCUT2D eigenvalue weighted by Crippen LogP contribution is 2.59. The Balaban J connectivity index is 2.21. The largest absolute Gasteiger partial charge is 0.299 e. The summed E-state index contributed by atoms with van der Waals surface area (Å²) in [5.41, 5.74) is 0.126. The Hall–Kier alpha value is -0.330. The molecule has 68 valence electrons. The van der Waals surface area contributed by atoms with Crippen LogP contribution >= 0.6 is 0 Å². The van der Waals surface area contributed by atoms with Gasteiger partial charge in [-0.15, -0.1) is 0 Å². The predicted octanol–water partition coefficient (Wildman–Crippen LogP) is 2.79. The number of rotatable bonds is 2. The van der Waals surface area contributed by atoms with Crippen molar-refractivity contribution in [2.75, 3.05) is 0 Å². The molecule has 2 unspecified atom stereocenters. The van der Waals surface area contributed by atoms with Crippen LogP contribution in [-0.4, -0.2) is 5.78 Å². The first-order chi connectivity index (χ1) is 5.76. The van der Waals surface area contributed by atoms with E-state index in [-0.39, 0.29) is 5.41 Å². The van der Waals surface area contributed by atoms with E-state index in [2.05, 4.69) is 13.8 Å². The fourth-order valence-electron chi connectivity index (χ4n) is 3.51. The van der Waals surface area contributed by atoms with E-state index >= 15 is 0 Å². The summed E-state index contributed by atoms with van der Waals surface area (Å²) in [6, 6.07) is 0. The van der Waals surface area contributed by atoms with Crippen molar-refractivity contribution in [3.8, 4) is 0 Å². The standard InChI is InChI=1S/C11H18O/c1-3-11(4-2)9-7-5-6-8(9)10(11)12/h8-9H,3-7H2,1-2H3. The zero-order valence-corrected chi connectivity index (χ0v) is 8.10. The van der Waals surface area contributed by atoms with Crippen LogP contribution in [0.4, 0.5) is 0 Å². The minimum Gasteiger partial charge on any atom is -0.299 e. The third-order valence-electron chi connectivity index (χ3n) is 4.32. The van der Waals surface area contributed by atoms with Crippen LogP contribution in [0, 0.1) is 17.3 Å². The van der Waals surface area contributed by atoms with Gasteiger partial charge in [0.1, 0.15) is 5.78 Å². The Kier molecular flexibility index (Phi) is 1.78. The van der Waals surface area contributed by atoms with E-state index in [1.807, 2.05) is 0 Å². The summed E-state index contributed by atoms with van der Waals surface area (Å²) in [6.45, 7) is 4.35. The monoisotopic (exact) mass is 166 g/mol. The first-order valence-electron chi connectivity index (χ1n) is 5.30. The molecule has 0 N–H and O–H groups in total. The summed E-state index contributed by atoms with van der Waals surface area (Å²) in [7, 11) is 0. The van der Waals surface area contributed by atoms with E-state index in [0.29, 0.717) is 11.7 Å². The topological polar surface area (TPSA) is 17.1 Å². The summed E-state index contributed by atoms with van der Waals surface area (Å²) < 4.78 is 0. The summed E-state index contributed by atoms with van der Waals surface area (Å²) in [6.07, 6.45) is 5.94. The first kappa shape index (κ1) is 8.28. The second-order valence-corrected chi connectivity index (χ2v) is 4.37. The highest BCUT2D eigenvalue weighted by molar-refractivity contribution is 5.94. The van der Waals surface area contributed by atoms with Crippen molar-refractivity contribution < 1.29 is 4.79 Å². The normalized spacial score (nSPS) is 37.7. The van der Waals surface area contributed by atoms with E-state index in [0.717, 1.165) is 18.8 Å². The average Bonchev–Trinajstić information content (AvgIpc) is 2.52. The van der Waals surface area contributed by atoms with Gasteiger partial charge < -0.3 is 0 Å². The van der Waals surface area contributed by atoms with Crippen molar-refractivity contribution in [1.29, 1.82) is 0 Å². The molecule has 0 bridgehead atoms. The molecule has 12 heavy (non-hydrogen) atoms. The molecule has 0 aromatic heterocycles. The van der Waals surface area contributed by atoms with Gasteiger partial charge in [0.2, 0.25) is 0 Å². The van der Waals surface area contributed by atoms with Gasteiger partial charge in [-0.05, 0) is 31.6 Å². The maximum atomic E-state index is 11.8. The third kappa shape index (κ3) is 0.725. The molecule has 0 saturated heterocycles. The Morgan fingerprint density at radius 3 is 2.58 bits per heavy atom. The van der Waals surface area contributed by atoms with Gasteiger partial charge in [-0.2, -0.15) is 0 Å². The van der Waals surface area contributed by atoms with E-state index in [4.69, 9.17) is 0 Å². The van der Waals surface area contributed by atoms with Gasteiger partial charge in [0, 0.05) is 11.3 Å². The van der Waals surface area contributed by atoms with E-state index in [9.17, 15) is 4.79 Å². The zero-order chi connectivity index (χ0) is 8.77. The molecular formula is C11H18O. The van der Waals surface area contributed by atoms with Crippen LogP contribution in [0.5, 0.6) is 0 Å². The lowest BCUT2D eigenvalue weighted by Crippen LogP contribution is -2.54. The van der Waals surface area contributed by atoms with Crippen molar-refractivity contribution in [1.82, 2.24) is 0 Å². The molecule has 2 saturated carbocycles. The number of ketones is 1. The van der Waals surface area contributed by atoms with Gasteiger partial charge >= 0.3 is 0 Å². The van der Waals surface area contributed by atoms with Crippen molar-refractivity contribution in [2.24, 2.45) is 17.3 Å². The molecule has 0 aromatic carbocycles. The van der Waals surface area contributed by atoms with Gasteiger partial charge in [0.15, 0.2) is 0 Å². The minimum atomic E-state index is 0.126. The van der Waals surface area contributed by atoms with Crippen LogP contribution in [0.1, 0.15) is 46.0 Å². The van der Waals surface area contributed by atoms with Gasteiger partial charge in [-0.25, -0.2) is 0 Å². The maximum Gasteiger partial charge on any atom is 0.142 e. The third-order valence-corrected chi connectivity index (χ3v) is 4.32. The Morgan fingerprint density at radius 2 is 2.00 bits per heavy atom. The van der Waals surface area contributed by atoms with Gasteiger partial charge in [0.05, 0.1) is 0 Å². The molecule has 0 aromatic rings. The van der Waals surface area contributed by atoms with Crippen LogP contribution in [-0.2, 0) is 4.79 Å². The van der Waals surface area contributed by atoms with E-state index < -0.39 is 0 Å². The first-order valence-corrected chi connectivity index (χ1v) is 5.30. The Bertz CT molecular complexity index is 203. The lowest BCUT2D eigenvalue weighted by Gasteiger charge is -2.50. The molecule has 0 amide bonds. The molecular weight excluding hydrogens is 148 g/mol. The molecule has 2 atom stereocenters. The Morgan fingerprint density at radius 1 is 1.33 bits per heavy atom. The molecule has 0 spiro atoms. The molecule has 2 aliphatic rings. The maximum absolute atomic E-state index is 11.8. The lowest BCUT2D eigenvalue weighted by molar-refractivity contribution is -0.155. The van der Waals surface area contributed by atoms with Crippen LogP contribution in [0.25, 0.3) is 0 Å². The fraction of sp³-hybridized carbons (Fsp3) is 0.909. The van der Waals surface area contributed by atoms with Gasteiger partial charge in [-0.3, -0.25) is 4.79 Å². The van der Waals surface area contributed by atoms with Crippen molar-refractivity contribution in [3.05, 3.63) is 0 Å². The number of Topliss-reactive ketones (excluding diaryl/α,β-unsaturated/α-hetero) is 1. The van der Waals surface area contributed by atoms with E-state index in [1.165, 1.54) is 19.3 Å². The highest BCUT2D eigenvalue weighted by atomic mass is 16.1. The molecule has 1 heteroatoms. The van der Waals surface area contributed by atoms with Crippen LogP contribution in [0.15, 0.2) is 0 Å². The van der Waals surface area contributed by atoms with Crippen molar-refractivity contribution >= 4 is 5.78 Å². The summed E-state index contributed by atoms with van der Waals surface area (Å²) >= 11 is 0. The van der Waals surface area contributed by atoms with E-state index in [1.54, 1.807) is 0 Å². The predicted molar refractivity (Wildman–Crippen MR) is 48.9 cm³/mol. The van der Waals surface area contributed by atoms with Crippen LogP contribution < -0.4 is 0 Å². The second-order valence-electron chi connectivity index (χ2n) is 4.37. The molecule has 0 radical (unpaired) electrons. The minimum absolute atomic E-state index is 0.126. The summed E-state index contributed by atoms with van der Waals surface area (Å²) in [5, 5.41) is 0. The molecule has 2 rings (SSSR count). The smallest absolute Gasteiger partial charge is 0.142 e.